The smallest absolute Gasteiger partial charge is 0.290 e. The van der Waals surface area contributed by atoms with Crippen LogP contribution in [0.2, 0.25) is 0 Å². The molecule has 0 bridgehead atoms. The van der Waals surface area contributed by atoms with Crippen molar-refractivity contribution >= 4 is 28.6 Å². The number of rotatable bonds is 8. The highest BCUT2D eigenvalue weighted by Gasteiger charge is 2.38. The number of para-hydroxylation sites is 2. The van der Waals surface area contributed by atoms with Gasteiger partial charge in [-0.3, -0.25) is 4.79 Å². The van der Waals surface area contributed by atoms with Crippen LogP contribution in [0.5, 0.6) is 0 Å². The summed E-state index contributed by atoms with van der Waals surface area (Å²) in [6.07, 6.45) is 2.68. The third-order valence-electron chi connectivity index (χ3n) is 4.77. The maximum atomic E-state index is 12.9. The maximum absolute atomic E-state index is 12.9. The van der Waals surface area contributed by atoms with Crippen LogP contribution in [0.15, 0.2) is 52.9 Å². The predicted octanol–water partition coefficient (Wildman–Crippen LogP) is 3.72. The number of aliphatic hydroxyl groups is 1. The molecule has 0 saturated carbocycles. The van der Waals surface area contributed by atoms with E-state index < -0.39 is 6.29 Å². The zero-order chi connectivity index (χ0) is 19.9. The van der Waals surface area contributed by atoms with Gasteiger partial charge in [-0.1, -0.05) is 12.1 Å². The van der Waals surface area contributed by atoms with E-state index in [0.29, 0.717) is 24.4 Å². The largest absolute Gasteiger partial charge is 0.459 e. The molecular formula is C21H26N2O4S. The lowest BCUT2D eigenvalue weighted by molar-refractivity contribution is -0.164. The van der Waals surface area contributed by atoms with Crippen LogP contribution in [0.4, 0.5) is 11.4 Å². The number of ether oxygens (including phenoxy) is 2. The van der Waals surface area contributed by atoms with Crippen molar-refractivity contribution in [3.63, 3.8) is 0 Å². The first kappa shape index (κ1) is 20.4. The summed E-state index contributed by atoms with van der Waals surface area (Å²) in [5.41, 5.74) is 8.08. The number of allylic oxidation sites excluding steroid dienone is 1. The van der Waals surface area contributed by atoms with Crippen molar-refractivity contribution in [2.24, 2.45) is 5.92 Å². The number of anilines is 2. The highest BCUT2D eigenvalue weighted by Crippen LogP contribution is 2.40. The molecule has 3 unspecified atom stereocenters. The Morgan fingerprint density at radius 2 is 2.18 bits per heavy atom. The molecule has 1 amide bonds. The second kappa shape index (κ2) is 9.73. The normalized spacial score (nSPS) is 21.6. The van der Waals surface area contributed by atoms with Crippen LogP contribution >= 0.6 is 11.3 Å². The molecule has 0 fully saturated rings. The second-order valence-electron chi connectivity index (χ2n) is 6.63. The number of thiophene rings is 1. The summed E-state index contributed by atoms with van der Waals surface area (Å²) in [4.78, 5) is 12.9. The summed E-state index contributed by atoms with van der Waals surface area (Å²) in [5, 5.41) is 16.2. The molecular weight excluding hydrogens is 376 g/mol. The van der Waals surface area contributed by atoms with Crippen LogP contribution < -0.4 is 11.1 Å². The van der Waals surface area contributed by atoms with Gasteiger partial charge in [-0.2, -0.15) is 11.3 Å². The van der Waals surface area contributed by atoms with Gasteiger partial charge in [-0.15, -0.1) is 0 Å². The van der Waals surface area contributed by atoms with Gasteiger partial charge in [0.25, 0.3) is 5.91 Å². The molecule has 28 heavy (non-hydrogen) atoms. The lowest BCUT2D eigenvalue weighted by atomic mass is 9.81. The van der Waals surface area contributed by atoms with Crippen molar-refractivity contribution in [3.8, 4) is 0 Å². The van der Waals surface area contributed by atoms with Gasteiger partial charge in [-0.05, 0) is 60.4 Å². The number of nitrogens with two attached hydrogens (primary N) is 1. The van der Waals surface area contributed by atoms with E-state index in [1.807, 2.05) is 30.5 Å². The molecule has 150 valence electrons. The fraction of sp³-hybridized carbons (Fsp3) is 0.381. The van der Waals surface area contributed by atoms with Crippen molar-refractivity contribution in [3.05, 3.63) is 58.5 Å². The summed E-state index contributed by atoms with van der Waals surface area (Å²) in [6, 6.07) is 9.15. The fourth-order valence-electron chi connectivity index (χ4n) is 3.40. The molecule has 4 N–H and O–H groups in total. The van der Waals surface area contributed by atoms with E-state index in [-0.39, 0.29) is 30.1 Å². The first-order chi connectivity index (χ1) is 13.6. The standard InChI is InChI=1S/C21H26N2O4S/c1-2-26-21-15(6-5-10-24)16(14-9-11-28-13-14)12-19(27-21)20(25)23-18-8-4-3-7-17(18)22/h3-4,7-9,11-13,15-16,21,24H,2,5-6,10,22H2,1H3,(H,23,25). The molecule has 1 aliphatic heterocycles. The molecule has 0 radical (unpaired) electrons. The van der Waals surface area contributed by atoms with Gasteiger partial charge < -0.3 is 25.6 Å². The monoisotopic (exact) mass is 402 g/mol. The van der Waals surface area contributed by atoms with Crippen LogP contribution in [-0.4, -0.2) is 30.5 Å². The zero-order valence-electron chi connectivity index (χ0n) is 15.8. The Bertz CT molecular complexity index is 806. The van der Waals surface area contributed by atoms with E-state index in [9.17, 15) is 9.90 Å². The summed E-state index contributed by atoms with van der Waals surface area (Å²) < 4.78 is 11.8. The van der Waals surface area contributed by atoms with E-state index in [2.05, 4.69) is 16.8 Å². The van der Waals surface area contributed by atoms with E-state index in [0.717, 1.165) is 12.0 Å². The van der Waals surface area contributed by atoms with E-state index in [1.54, 1.807) is 23.5 Å². The minimum atomic E-state index is -0.555. The van der Waals surface area contributed by atoms with Gasteiger partial charge in [0.15, 0.2) is 5.76 Å². The third-order valence-corrected chi connectivity index (χ3v) is 5.47. The summed E-state index contributed by atoms with van der Waals surface area (Å²) in [6.45, 7) is 2.47. The second-order valence-corrected chi connectivity index (χ2v) is 7.41. The van der Waals surface area contributed by atoms with E-state index >= 15 is 0 Å². The van der Waals surface area contributed by atoms with Gasteiger partial charge in [0.1, 0.15) is 0 Å². The van der Waals surface area contributed by atoms with Crippen molar-refractivity contribution < 1.29 is 19.4 Å². The van der Waals surface area contributed by atoms with Crippen molar-refractivity contribution in [1.82, 2.24) is 0 Å². The molecule has 0 spiro atoms. The average Bonchev–Trinajstić information content (AvgIpc) is 3.23. The Labute approximate surface area is 169 Å². The van der Waals surface area contributed by atoms with Crippen LogP contribution in [-0.2, 0) is 14.3 Å². The Morgan fingerprint density at radius 1 is 1.36 bits per heavy atom. The minimum absolute atomic E-state index is 0.0139. The fourth-order valence-corrected chi connectivity index (χ4v) is 4.11. The zero-order valence-corrected chi connectivity index (χ0v) is 16.7. The van der Waals surface area contributed by atoms with Gasteiger partial charge >= 0.3 is 0 Å². The maximum Gasteiger partial charge on any atom is 0.290 e. The van der Waals surface area contributed by atoms with Crippen molar-refractivity contribution in [2.45, 2.75) is 32.0 Å². The Hall–Kier alpha value is -2.35. The summed E-state index contributed by atoms with van der Waals surface area (Å²) in [5.74, 6) is -0.154. The third kappa shape index (κ3) is 4.73. The molecule has 2 heterocycles. The molecule has 1 aliphatic rings. The summed E-state index contributed by atoms with van der Waals surface area (Å²) >= 11 is 1.61. The molecule has 3 rings (SSSR count). The topological polar surface area (TPSA) is 93.8 Å². The number of benzene rings is 1. The first-order valence-corrected chi connectivity index (χ1v) is 10.4. The highest BCUT2D eigenvalue weighted by atomic mass is 32.1. The highest BCUT2D eigenvalue weighted by molar-refractivity contribution is 7.08. The summed E-state index contributed by atoms with van der Waals surface area (Å²) in [7, 11) is 0. The first-order valence-electron chi connectivity index (χ1n) is 9.43. The van der Waals surface area contributed by atoms with Gasteiger partial charge in [0.2, 0.25) is 6.29 Å². The van der Waals surface area contributed by atoms with Gasteiger partial charge in [0.05, 0.1) is 11.4 Å². The number of aliphatic hydroxyl groups excluding tert-OH is 1. The van der Waals surface area contributed by atoms with E-state index in [4.69, 9.17) is 15.2 Å². The number of hydrogen-bond acceptors (Lipinski definition) is 6. The molecule has 0 saturated heterocycles. The number of nitrogen functional groups attached to an aromatic ring is 1. The number of hydrogen-bond donors (Lipinski definition) is 3. The Balaban J connectivity index is 1.89. The molecule has 7 heteroatoms. The quantitative estimate of drug-likeness (QED) is 0.585. The lowest BCUT2D eigenvalue weighted by Gasteiger charge is -2.36. The SMILES string of the molecule is CCOC1OC(C(=O)Nc2ccccc2N)=CC(c2ccsc2)C1CCCO. The molecule has 2 aromatic rings. The molecule has 6 nitrogen and oxygen atoms in total. The van der Waals surface area contributed by atoms with Crippen LogP contribution in [0.3, 0.4) is 0 Å². The molecule has 3 atom stereocenters. The predicted molar refractivity (Wildman–Crippen MR) is 111 cm³/mol. The molecule has 1 aromatic heterocycles. The van der Waals surface area contributed by atoms with Gasteiger partial charge in [-0.25, -0.2) is 0 Å². The van der Waals surface area contributed by atoms with Crippen LogP contribution in [0, 0.1) is 5.92 Å². The Kier molecular flexibility index (Phi) is 7.08. The van der Waals surface area contributed by atoms with Crippen molar-refractivity contribution in [2.75, 3.05) is 24.3 Å². The number of nitrogens with one attached hydrogen (secondary N) is 1. The van der Waals surface area contributed by atoms with E-state index in [1.165, 1.54) is 0 Å². The average molecular weight is 403 g/mol. The molecule has 1 aromatic carbocycles. The van der Waals surface area contributed by atoms with Crippen LogP contribution in [0.1, 0.15) is 31.2 Å². The number of carbonyl (C=O) groups is 1. The lowest BCUT2D eigenvalue weighted by Crippen LogP contribution is -2.37. The Morgan fingerprint density at radius 3 is 2.86 bits per heavy atom. The number of amides is 1. The van der Waals surface area contributed by atoms with Crippen molar-refractivity contribution in [1.29, 1.82) is 0 Å². The van der Waals surface area contributed by atoms with Gasteiger partial charge in [0, 0.05) is 25.0 Å². The minimum Gasteiger partial charge on any atom is -0.459 e. The molecule has 0 aliphatic carbocycles. The van der Waals surface area contributed by atoms with Crippen LogP contribution in [0.25, 0.3) is 0 Å². The number of carbonyl (C=O) groups excluding carboxylic acids is 1.